The Labute approximate surface area is 145 Å². The van der Waals surface area contributed by atoms with E-state index in [4.69, 9.17) is 4.74 Å². The number of esters is 1. The Balaban J connectivity index is 1.66. The molecule has 3 rings (SSSR count). The molecule has 0 bridgehead atoms. The standard InChI is InChI=1S/C16H13NO5S2/c1-2-21-16(20)17-13(18)8-22-15(19)12-7-11-14(24-12)9-5-3-4-6-10(9)23-11/h3-7H,2,8H2,1H3,(H,17,18,20). The van der Waals surface area contributed by atoms with Gasteiger partial charge in [-0.15, -0.1) is 22.7 Å². The normalized spacial score (nSPS) is 10.7. The van der Waals surface area contributed by atoms with Gasteiger partial charge in [-0.05, 0) is 19.1 Å². The maximum absolute atomic E-state index is 12.1. The molecular weight excluding hydrogens is 350 g/mol. The van der Waals surface area contributed by atoms with Crippen molar-refractivity contribution in [2.75, 3.05) is 13.2 Å². The van der Waals surface area contributed by atoms with Gasteiger partial charge in [-0.3, -0.25) is 10.1 Å². The molecule has 0 atom stereocenters. The van der Waals surface area contributed by atoms with Gasteiger partial charge in [-0.1, -0.05) is 18.2 Å². The molecule has 6 nitrogen and oxygen atoms in total. The highest BCUT2D eigenvalue weighted by atomic mass is 32.1. The van der Waals surface area contributed by atoms with Gasteiger partial charge in [-0.25, -0.2) is 9.59 Å². The Morgan fingerprint density at radius 3 is 2.67 bits per heavy atom. The van der Waals surface area contributed by atoms with E-state index < -0.39 is 24.6 Å². The van der Waals surface area contributed by atoms with Gasteiger partial charge in [0.2, 0.25) is 0 Å². The van der Waals surface area contributed by atoms with Crippen LogP contribution in [-0.2, 0) is 14.3 Å². The topological polar surface area (TPSA) is 81.7 Å². The Kier molecular flexibility index (Phi) is 4.77. The number of amides is 2. The zero-order valence-electron chi connectivity index (χ0n) is 12.7. The van der Waals surface area contributed by atoms with Gasteiger partial charge in [-0.2, -0.15) is 0 Å². The van der Waals surface area contributed by atoms with E-state index in [-0.39, 0.29) is 6.61 Å². The molecule has 2 aromatic heterocycles. The van der Waals surface area contributed by atoms with Gasteiger partial charge in [0.05, 0.1) is 11.3 Å². The number of nitrogens with one attached hydrogen (secondary N) is 1. The van der Waals surface area contributed by atoms with E-state index in [1.54, 1.807) is 24.3 Å². The summed E-state index contributed by atoms with van der Waals surface area (Å²) in [5.74, 6) is -1.32. The Morgan fingerprint density at radius 2 is 1.88 bits per heavy atom. The SMILES string of the molecule is CCOC(=O)NC(=O)COC(=O)c1cc2sc3ccccc3c2s1. The molecule has 124 valence electrons. The first-order chi connectivity index (χ1) is 11.6. The van der Waals surface area contributed by atoms with Gasteiger partial charge in [0.15, 0.2) is 6.61 Å². The summed E-state index contributed by atoms with van der Waals surface area (Å²) in [5, 5.41) is 3.06. The van der Waals surface area contributed by atoms with Gasteiger partial charge in [0.1, 0.15) is 4.88 Å². The largest absolute Gasteiger partial charge is 0.451 e. The Morgan fingerprint density at radius 1 is 1.08 bits per heavy atom. The first kappa shape index (κ1) is 16.4. The van der Waals surface area contributed by atoms with Crippen LogP contribution in [-0.4, -0.2) is 31.2 Å². The third-order valence-corrected chi connectivity index (χ3v) is 5.50. The van der Waals surface area contributed by atoms with Crippen molar-refractivity contribution >= 4 is 60.1 Å². The minimum Gasteiger partial charge on any atom is -0.451 e. The zero-order chi connectivity index (χ0) is 17.1. The maximum atomic E-state index is 12.1. The molecule has 1 aromatic carbocycles. The summed E-state index contributed by atoms with van der Waals surface area (Å²) in [4.78, 5) is 35.0. The number of imide groups is 1. The first-order valence-electron chi connectivity index (χ1n) is 7.13. The van der Waals surface area contributed by atoms with Crippen LogP contribution in [0.4, 0.5) is 4.79 Å². The predicted octanol–water partition coefficient (Wildman–Crippen LogP) is 3.55. The van der Waals surface area contributed by atoms with Gasteiger partial charge in [0, 0.05) is 14.8 Å². The summed E-state index contributed by atoms with van der Waals surface area (Å²) in [6.45, 7) is 1.24. The number of alkyl carbamates (subject to hydrolysis) is 1. The number of fused-ring (bicyclic) bond motifs is 3. The third kappa shape index (κ3) is 3.39. The van der Waals surface area contributed by atoms with E-state index in [0.717, 1.165) is 19.5 Å². The van der Waals surface area contributed by atoms with Crippen molar-refractivity contribution in [3.63, 3.8) is 0 Å². The lowest BCUT2D eigenvalue weighted by Gasteiger charge is -2.04. The average molecular weight is 363 g/mol. The van der Waals surface area contributed by atoms with Crippen LogP contribution in [0, 0.1) is 0 Å². The van der Waals surface area contributed by atoms with Crippen LogP contribution in [0.1, 0.15) is 16.6 Å². The highest BCUT2D eigenvalue weighted by Gasteiger charge is 2.17. The van der Waals surface area contributed by atoms with Crippen LogP contribution in [0.2, 0.25) is 0 Å². The zero-order valence-corrected chi connectivity index (χ0v) is 14.3. The second-order valence-electron chi connectivity index (χ2n) is 4.75. The molecule has 0 aliphatic carbocycles. The van der Waals surface area contributed by atoms with Crippen LogP contribution in [0.15, 0.2) is 30.3 Å². The van der Waals surface area contributed by atoms with Crippen LogP contribution >= 0.6 is 22.7 Å². The molecule has 2 heterocycles. The number of ether oxygens (including phenoxy) is 2. The van der Waals surface area contributed by atoms with E-state index in [0.29, 0.717) is 4.88 Å². The summed E-state index contributed by atoms with van der Waals surface area (Å²) >= 11 is 2.93. The van der Waals surface area contributed by atoms with Gasteiger partial charge >= 0.3 is 12.1 Å². The second kappa shape index (κ2) is 6.98. The van der Waals surface area contributed by atoms with Crippen molar-refractivity contribution in [2.45, 2.75) is 6.92 Å². The number of hydrogen-bond donors (Lipinski definition) is 1. The minimum atomic E-state index is -0.860. The number of thiophene rings is 2. The molecule has 0 unspecified atom stereocenters. The smallest absolute Gasteiger partial charge is 0.413 e. The number of rotatable bonds is 4. The van der Waals surface area contributed by atoms with Crippen LogP contribution < -0.4 is 5.32 Å². The lowest BCUT2D eigenvalue weighted by molar-refractivity contribution is -0.123. The molecular formula is C16H13NO5S2. The molecule has 1 N–H and O–H groups in total. The monoisotopic (exact) mass is 363 g/mol. The fourth-order valence-corrected chi connectivity index (χ4v) is 4.54. The minimum absolute atomic E-state index is 0.152. The van der Waals surface area contributed by atoms with Crippen molar-refractivity contribution in [1.82, 2.24) is 5.32 Å². The molecule has 3 aromatic rings. The van der Waals surface area contributed by atoms with Crippen molar-refractivity contribution < 1.29 is 23.9 Å². The molecule has 0 spiro atoms. The molecule has 0 aliphatic rings. The third-order valence-electron chi connectivity index (χ3n) is 3.10. The number of benzene rings is 1. The summed E-state index contributed by atoms with van der Waals surface area (Å²) in [5.41, 5.74) is 0. The van der Waals surface area contributed by atoms with E-state index >= 15 is 0 Å². The Bertz CT molecular complexity index is 927. The summed E-state index contributed by atoms with van der Waals surface area (Å²) in [7, 11) is 0. The summed E-state index contributed by atoms with van der Waals surface area (Å²) < 4.78 is 12.7. The van der Waals surface area contributed by atoms with Gasteiger partial charge in [0.25, 0.3) is 5.91 Å². The van der Waals surface area contributed by atoms with E-state index in [1.807, 2.05) is 29.6 Å². The highest BCUT2D eigenvalue weighted by Crippen LogP contribution is 2.39. The molecule has 0 aliphatic heterocycles. The molecule has 24 heavy (non-hydrogen) atoms. The van der Waals surface area contributed by atoms with E-state index in [2.05, 4.69) is 4.74 Å². The van der Waals surface area contributed by atoms with Crippen LogP contribution in [0.3, 0.4) is 0 Å². The number of hydrogen-bond acceptors (Lipinski definition) is 7. The Hall–Kier alpha value is -2.45. The first-order valence-corrected chi connectivity index (χ1v) is 8.76. The maximum Gasteiger partial charge on any atom is 0.413 e. The fraction of sp³-hybridized carbons (Fsp3) is 0.188. The molecule has 0 saturated heterocycles. The molecule has 0 fully saturated rings. The molecule has 2 amide bonds. The van der Waals surface area contributed by atoms with Crippen molar-refractivity contribution in [3.05, 3.63) is 35.2 Å². The van der Waals surface area contributed by atoms with E-state index in [9.17, 15) is 14.4 Å². The van der Waals surface area contributed by atoms with E-state index in [1.165, 1.54) is 11.3 Å². The average Bonchev–Trinajstić information content (AvgIpc) is 3.10. The van der Waals surface area contributed by atoms with Crippen molar-refractivity contribution in [3.8, 4) is 0 Å². The molecule has 8 heteroatoms. The fourth-order valence-electron chi connectivity index (χ4n) is 2.12. The number of carbonyl (C=O) groups is 3. The highest BCUT2D eigenvalue weighted by molar-refractivity contribution is 7.33. The predicted molar refractivity (Wildman–Crippen MR) is 92.7 cm³/mol. The second-order valence-corrected chi connectivity index (χ2v) is 6.88. The number of carbonyl (C=O) groups excluding carboxylic acids is 3. The van der Waals surface area contributed by atoms with Crippen molar-refractivity contribution in [1.29, 1.82) is 0 Å². The van der Waals surface area contributed by atoms with Crippen molar-refractivity contribution in [2.24, 2.45) is 0 Å². The van der Waals surface area contributed by atoms with Crippen LogP contribution in [0.5, 0.6) is 0 Å². The summed E-state index contributed by atoms with van der Waals surface area (Å²) in [6.07, 6.45) is -0.860. The summed E-state index contributed by atoms with van der Waals surface area (Å²) in [6, 6.07) is 9.72. The lowest BCUT2D eigenvalue weighted by atomic mass is 10.2. The van der Waals surface area contributed by atoms with Crippen LogP contribution in [0.25, 0.3) is 19.5 Å². The molecule has 0 radical (unpaired) electrons. The lowest BCUT2D eigenvalue weighted by Crippen LogP contribution is -2.34. The molecule has 0 saturated carbocycles. The quantitative estimate of drug-likeness (QED) is 0.717. The van der Waals surface area contributed by atoms with Gasteiger partial charge < -0.3 is 9.47 Å².